The molecule has 0 saturated carbocycles. The summed E-state index contributed by atoms with van der Waals surface area (Å²) in [6.07, 6.45) is 0.870. The van der Waals surface area contributed by atoms with Crippen molar-refractivity contribution >= 4 is 17.7 Å². The minimum absolute atomic E-state index is 0.0528. The normalized spacial score (nSPS) is 13.2. The molecular formula is C20H25NO2S. The lowest BCUT2D eigenvalue weighted by molar-refractivity contribution is -0.121. The fourth-order valence-electron chi connectivity index (χ4n) is 2.42. The summed E-state index contributed by atoms with van der Waals surface area (Å²) in [5, 5.41) is 3.01. The van der Waals surface area contributed by atoms with E-state index < -0.39 is 0 Å². The van der Waals surface area contributed by atoms with Crippen LogP contribution in [0.4, 0.5) is 0 Å². The summed E-state index contributed by atoms with van der Waals surface area (Å²) >= 11 is 1.55. The molecule has 0 radical (unpaired) electrons. The number of nitrogens with one attached hydrogen (secondary N) is 1. The Hall–Kier alpha value is -1.94. The lowest BCUT2D eigenvalue weighted by Crippen LogP contribution is -2.34. The predicted molar refractivity (Wildman–Crippen MR) is 101 cm³/mol. The molecule has 1 amide bonds. The maximum atomic E-state index is 12.5. The van der Waals surface area contributed by atoms with Crippen molar-refractivity contribution in [2.75, 3.05) is 7.11 Å². The number of aryl methyl sites for hydroxylation is 1. The average molecular weight is 343 g/mol. The highest BCUT2D eigenvalue weighted by Crippen LogP contribution is 2.26. The van der Waals surface area contributed by atoms with E-state index in [-0.39, 0.29) is 17.2 Å². The van der Waals surface area contributed by atoms with Crippen molar-refractivity contribution in [2.24, 2.45) is 0 Å². The van der Waals surface area contributed by atoms with Gasteiger partial charge in [-0.25, -0.2) is 0 Å². The molecule has 24 heavy (non-hydrogen) atoms. The summed E-state index contributed by atoms with van der Waals surface area (Å²) in [5.41, 5.74) is 2.38. The van der Waals surface area contributed by atoms with Crippen LogP contribution < -0.4 is 10.1 Å². The lowest BCUT2D eigenvalue weighted by atomic mass is 10.0. The summed E-state index contributed by atoms with van der Waals surface area (Å²) in [6, 6.07) is 16.2. The third kappa shape index (κ3) is 5.03. The molecule has 2 rings (SSSR count). The van der Waals surface area contributed by atoms with Crippen molar-refractivity contribution in [2.45, 2.75) is 43.4 Å². The lowest BCUT2D eigenvalue weighted by Gasteiger charge is -2.20. The first kappa shape index (κ1) is 18.4. The van der Waals surface area contributed by atoms with Crippen molar-refractivity contribution < 1.29 is 9.53 Å². The van der Waals surface area contributed by atoms with E-state index in [2.05, 4.69) is 43.4 Å². The number of carbonyl (C=O) groups is 1. The van der Waals surface area contributed by atoms with Crippen molar-refractivity contribution in [3.63, 3.8) is 0 Å². The van der Waals surface area contributed by atoms with E-state index in [4.69, 9.17) is 4.74 Å². The second kappa shape index (κ2) is 8.78. The number of rotatable bonds is 7. The number of hydrogen-bond donors (Lipinski definition) is 1. The van der Waals surface area contributed by atoms with Crippen LogP contribution >= 0.6 is 11.8 Å². The third-order valence-electron chi connectivity index (χ3n) is 3.95. The number of carbonyl (C=O) groups excluding carboxylic acids is 1. The second-order valence-electron chi connectivity index (χ2n) is 5.82. The van der Waals surface area contributed by atoms with Gasteiger partial charge < -0.3 is 10.1 Å². The first-order valence-corrected chi connectivity index (χ1v) is 9.09. The largest absolute Gasteiger partial charge is 0.497 e. The number of methoxy groups -OCH3 is 1. The molecule has 0 spiro atoms. The Morgan fingerprint density at radius 1 is 1.12 bits per heavy atom. The Bertz CT molecular complexity index is 652. The molecule has 1 N–H and O–H groups in total. The van der Waals surface area contributed by atoms with E-state index in [1.807, 2.05) is 31.2 Å². The Labute approximate surface area is 148 Å². The molecule has 0 unspecified atom stereocenters. The van der Waals surface area contributed by atoms with Crippen LogP contribution in [0.3, 0.4) is 0 Å². The van der Waals surface area contributed by atoms with Gasteiger partial charge in [0, 0.05) is 4.90 Å². The SMILES string of the molecule is CC[C@@H](NC(=O)[C@@H](C)Sc1ccc(OC)cc1)c1ccc(C)cc1. The van der Waals surface area contributed by atoms with Gasteiger partial charge in [-0.2, -0.15) is 0 Å². The fourth-order valence-corrected chi connectivity index (χ4v) is 3.30. The summed E-state index contributed by atoms with van der Waals surface area (Å²) < 4.78 is 5.16. The zero-order valence-corrected chi connectivity index (χ0v) is 15.5. The minimum atomic E-state index is -0.155. The molecule has 0 saturated heterocycles. The highest BCUT2D eigenvalue weighted by molar-refractivity contribution is 8.00. The Kier molecular flexibility index (Phi) is 6.73. The van der Waals surface area contributed by atoms with E-state index >= 15 is 0 Å². The van der Waals surface area contributed by atoms with Crippen molar-refractivity contribution in [3.8, 4) is 5.75 Å². The molecule has 3 nitrogen and oxygen atoms in total. The van der Waals surface area contributed by atoms with Crippen molar-refractivity contribution in [3.05, 3.63) is 59.7 Å². The molecule has 128 valence electrons. The maximum absolute atomic E-state index is 12.5. The molecule has 0 aliphatic rings. The monoisotopic (exact) mass is 343 g/mol. The average Bonchev–Trinajstić information content (AvgIpc) is 2.61. The van der Waals surface area contributed by atoms with Gasteiger partial charge in [-0.1, -0.05) is 36.8 Å². The quantitative estimate of drug-likeness (QED) is 0.737. The zero-order valence-electron chi connectivity index (χ0n) is 14.7. The minimum Gasteiger partial charge on any atom is -0.497 e. The Morgan fingerprint density at radius 2 is 1.75 bits per heavy atom. The van der Waals surface area contributed by atoms with Gasteiger partial charge in [0.1, 0.15) is 5.75 Å². The number of amides is 1. The summed E-state index contributed by atoms with van der Waals surface area (Å²) in [5.74, 6) is 0.880. The third-order valence-corrected chi connectivity index (χ3v) is 5.06. The van der Waals surface area contributed by atoms with Gasteiger partial charge >= 0.3 is 0 Å². The molecule has 2 atom stereocenters. The molecule has 0 fully saturated rings. The van der Waals surface area contributed by atoms with Crippen LogP contribution in [0.25, 0.3) is 0 Å². The van der Waals surface area contributed by atoms with Crippen molar-refractivity contribution in [1.82, 2.24) is 5.32 Å². The number of hydrogen-bond acceptors (Lipinski definition) is 3. The van der Waals surface area contributed by atoms with Crippen LogP contribution in [0.1, 0.15) is 37.4 Å². The van der Waals surface area contributed by atoms with Gasteiger partial charge in [-0.05, 0) is 50.1 Å². The Balaban J connectivity index is 1.97. The molecule has 2 aromatic carbocycles. The second-order valence-corrected chi connectivity index (χ2v) is 7.23. The number of ether oxygens (including phenoxy) is 1. The molecule has 0 bridgehead atoms. The molecule has 4 heteroatoms. The highest BCUT2D eigenvalue weighted by Gasteiger charge is 2.18. The predicted octanol–water partition coefficient (Wildman–Crippen LogP) is 4.75. The van der Waals surface area contributed by atoms with Crippen LogP contribution in [0.15, 0.2) is 53.4 Å². The standard InChI is InChI=1S/C20H25NO2S/c1-5-19(16-8-6-14(2)7-9-16)21-20(22)15(3)24-18-12-10-17(23-4)11-13-18/h6-13,15,19H,5H2,1-4H3,(H,21,22)/t15-,19-/m1/s1. The molecular weight excluding hydrogens is 318 g/mol. The topological polar surface area (TPSA) is 38.3 Å². The van der Waals surface area contributed by atoms with Crippen LogP contribution in [-0.4, -0.2) is 18.3 Å². The maximum Gasteiger partial charge on any atom is 0.233 e. The van der Waals surface area contributed by atoms with Gasteiger partial charge in [0.05, 0.1) is 18.4 Å². The first-order valence-electron chi connectivity index (χ1n) is 8.21. The molecule has 0 aliphatic carbocycles. The highest BCUT2D eigenvalue weighted by atomic mass is 32.2. The summed E-state index contributed by atoms with van der Waals surface area (Å²) in [7, 11) is 1.65. The number of thioether (sulfide) groups is 1. The number of benzene rings is 2. The van der Waals surface area contributed by atoms with Crippen molar-refractivity contribution in [1.29, 1.82) is 0 Å². The van der Waals surface area contributed by atoms with Gasteiger partial charge in [0.25, 0.3) is 0 Å². The molecule has 0 aromatic heterocycles. The van der Waals surface area contributed by atoms with Gasteiger partial charge in [-0.15, -0.1) is 11.8 Å². The van der Waals surface area contributed by atoms with E-state index in [1.54, 1.807) is 18.9 Å². The molecule has 0 heterocycles. The van der Waals surface area contributed by atoms with Gasteiger partial charge in [0.15, 0.2) is 0 Å². The Morgan fingerprint density at radius 3 is 2.29 bits per heavy atom. The van der Waals surface area contributed by atoms with Gasteiger partial charge in [0.2, 0.25) is 5.91 Å². The van der Waals surface area contributed by atoms with Crippen LogP contribution in [0.2, 0.25) is 0 Å². The summed E-state index contributed by atoms with van der Waals surface area (Å²) in [4.78, 5) is 13.6. The van der Waals surface area contributed by atoms with E-state index in [1.165, 1.54) is 5.56 Å². The smallest absolute Gasteiger partial charge is 0.233 e. The van der Waals surface area contributed by atoms with E-state index in [0.29, 0.717) is 0 Å². The first-order chi connectivity index (χ1) is 11.5. The van der Waals surface area contributed by atoms with Crippen LogP contribution in [-0.2, 0) is 4.79 Å². The van der Waals surface area contributed by atoms with E-state index in [0.717, 1.165) is 22.6 Å². The summed E-state index contributed by atoms with van der Waals surface area (Å²) in [6.45, 7) is 6.09. The molecule has 0 aliphatic heterocycles. The fraction of sp³-hybridized carbons (Fsp3) is 0.350. The molecule has 2 aromatic rings. The van der Waals surface area contributed by atoms with Gasteiger partial charge in [-0.3, -0.25) is 4.79 Å². The van der Waals surface area contributed by atoms with Crippen LogP contribution in [0.5, 0.6) is 5.75 Å². The van der Waals surface area contributed by atoms with Crippen LogP contribution in [0, 0.1) is 6.92 Å². The zero-order chi connectivity index (χ0) is 17.5. The van der Waals surface area contributed by atoms with E-state index in [9.17, 15) is 4.79 Å².